The number of benzene rings is 2. The largest absolute Gasteiger partial charge is 0.494 e. The van der Waals surface area contributed by atoms with Gasteiger partial charge < -0.3 is 15.0 Å². The zero-order chi connectivity index (χ0) is 20.8. The highest BCUT2D eigenvalue weighted by molar-refractivity contribution is 7.13. The second-order valence-electron chi connectivity index (χ2n) is 6.61. The van der Waals surface area contributed by atoms with Gasteiger partial charge in [0.15, 0.2) is 0 Å². The Bertz CT molecular complexity index is 979. The summed E-state index contributed by atoms with van der Waals surface area (Å²) in [4.78, 5) is 30.3. The molecule has 0 saturated heterocycles. The standard InChI is InChI=1S/C22H23N3O3S/c1-4-28-18-11-7-16(8-12-18)22-24-19(14-29-22)21(27)23-17-9-5-15(6-10-17)13-20(26)25(2)3/h5-12,14H,4,13H2,1-3H3,(H,23,27). The highest BCUT2D eigenvalue weighted by Gasteiger charge is 2.13. The third kappa shape index (κ3) is 5.42. The van der Waals surface area contributed by atoms with Crippen LogP contribution in [0.2, 0.25) is 0 Å². The van der Waals surface area contributed by atoms with E-state index in [0.29, 0.717) is 24.4 Å². The van der Waals surface area contributed by atoms with Gasteiger partial charge in [0.05, 0.1) is 13.0 Å². The number of likely N-dealkylation sites (N-methyl/N-ethyl adjacent to an activating group) is 1. The van der Waals surface area contributed by atoms with Crippen LogP contribution < -0.4 is 10.1 Å². The second-order valence-corrected chi connectivity index (χ2v) is 7.47. The van der Waals surface area contributed by atoms with E-state index in [4.69, 9.17) is 4.74 Å². The van der Waals surface area contributed by atoms with Gasteiger partial charge in [-0.3, -0.25) is 9.59 Å². The number of carbonyl (C=O) groups is 2. The van der Waals surface area contributed by atoms with Gasteiger partial charge in [-0.2, -0.15) is 0 Å². The van der Waals surface area contributed by atoms with Crippen molar-refractivity contribution < 1.29 is 14.3 Å². The summed E-state index contributed by atoms with van der Waals surface area (Å²) >= 11 is 1.42. The van der Waals surface area contributed by atoms with Crippen LogP contribution in [0.5, 0.6) is 5.75 Å². The fourth-order valence-electron chi connectivity index (χ4n) is 2.60. The topological polar surface area (TPSA) is 71.5 Å². The van der Waals surface area contributed by atoms with Crippen molar-refractivity contribution >= 4 is 28.8 Å². The highest BCUT2D eigenvalue weighted by atomic mass is 32.1. The first-order chi connectivity index (χ1) is 14.0. The van der Waals surface area contributed by atoms with Crippen molar-refractivity contribution in [3.8, 4) is 16.3 Å². The van der Waals surface area contributed by atoms with Crippen molar-refractivity contribution in [2.75, 3.05) is 26.0 Å². The molecule has 1 N–H and O–H groups in total. The maximum atomic E-state index is 12.5. The van der Waals surface area contributed by atoms with Crippen molar-refractivity contribution in [3.63, 3.8) is 0 Å². The third-order valence-corrected chi connectivity index (χ3v) is 5.11. The van der Waals surface area contributed by atoms with E-state index in [2.05, 4.69) is 10.3 Å². The minimum absolute atomic E-state index is 0.0334. The molecule has 0 radical (unpaired) electrons. The number of hydrogen-bond acceptors (Lipinski definition) is 5. The Kier molecular flexibility index (Phi) is 6.61. The molecule has 2 aromatic carbocycles. The summed E-state index contributed by atoms with van der Waals surface area (Å²) in [5, 5.41) is 5.36. The molecule has 29 heavy (non-hydrogen) atoms. The Morgan fingerprint density at radius 2 is 1.76 bits per heavy atom. The van der Waals surface area contributed by atoms with E-state index in [1.807, 2.05) is 43.3 Å². The minimum Gasteiger partial charge on any atom is -0.494 e. The molecule has 1 aromatic heterocycles. The molecule has 6 nitrogen and oxygen atoms in total. The van der Waals surface area contributed by atoms with Crippen molar-refractivity contribution in [3.05, 3.63) is 65.2 Å². The predicted octanol–water partition coefficient (Wildman–Crippen LogP) is 4.09. The first kappa shape index (κ1) is 20.5. The molecule has 0 atom stereocenters. The van der Waals surface area contributed by atoms with Gasteiger partial charge in [0.2, 0.25) is 5.91 Å². The van der Waals surface area contributed by atoms with E-state index in [0.717, 1.165) is 21.9 Å². The summed E-state index contributed by atoms with van der Waals surface area (Å²) in [6.45, 7) is 2.56. The van der Waals surface area contributed by atoms with Gasteiger partial charge in [-0.05, 0) is 48.9 Å². The molecule has 3 rings (SSSR count). The molecule has 0 spiro atoms. The van der Waals surface area contributed by atoms with Crippen LogP contribution in [0.1, 0.15) is 23.0 Å². The second kappa shape index (κ2) is 9.34. The molecule has 0 unspecified atom stereocenters. The number of nitrogens with zero attached hydrogens (tertiary/aromatic N) is 2. The molecule has 0 aliphatic rings. The zero-order valence-corrected chi connectivity index (χ0v) is 17.5. The first-order valence-electron chi connectivity index (χ1n) is 9.25. The highest BCUT2D eigenvalue weighted by Crippen LogP contribution is 2.26. The van der Waals surface area contributed by atoms with Crippen molar-refractivity contribution in [1.82, 2.24) is 9.88 Å². The number of thiazole rings is 1. The number of amides is 2. The quantitative estimate of drug-likeness (QED) is 0.638. The smallest absolute Gasteiger partial charge is 0.275 e. The fourth-order valence-corrected chi connectivity index (χ4v) is 3.41. The first-order valence-corrected chi connectivity index (χ1v) is 10.1. The van der Waals surface area contributed by atoms with Crippen LogP contribution in [0.15, 0.2) is 53.9 Å². The van der Waals surface area contributed by atoms with Gasteiger partial charge in [-0.1, -0.05) is 12.1 Å². The van der Waals surface area contributed by atoms with Gasteiger partial charge in [0.1, 0.15) is 16.5 Å². The lowest BCUT2D eigenvalue weighted by atomic mass is 10.1. The Hall–Kier alpha value is -3.19. The molecule has 0 bridgehead atoms. The Morgan fingerprint density at radius 3 is 2.38 bits per heavy atom. The Morgan fingerprint density at radius 1 is 1.07 bits per heavy atom. The number of carbonyl (C=O) groups excluding carboxylic acids is 2. The maximum Gasteiger partial charge on any atom is 0.275 e. The summed E-state index contributed by atoms with van der Waals surface area (Å²) in [5.41, 5.74) is 2.86. The number of aromatic nitrogens is 1. The van der Waals surface area contributed by atoms with Gasteiger partial charge in [-0.15, -0.1) is 11.3 Å². The molecule has 0 aliphatic heterocycles. The lowest BCUT2D eigenvalue weighted by Crippen LogP contribution is -2.23. The van der Waals surface area contributed by atoms with Crippen LogP contribution in [-0.4, -0.2) is 42.4 Å². The lowest BCUT2D eigenvalue weighted by Gasteiger charge is -2.10. The minimum atomic E-state index is -0.268. The van der Waals surface area contributed by atoms with Gasteiger partial charge in [0, 0.05) is 30.7 Å². The summed E-state index contributed by atoms with van der Waals surface area (Å²) in [7, 11) is 3.46. The van der Waals surface area contributed by atoms with Crippen molar-refractivity contribution in [1.29, 1.82) is 0 Å². The molecule has 7 heteroatoms. The number of anilines is 1. The molecule has 150 valence electrons. The van der Waals surface area contributed by atoms with Crippen LogP contribution in [0.25, 0.3) is 10.6 Å². The van der Waals surface area contributed by atoms with Gasteiger partial charge in [0.25, 0.3) is 5.91 Å². The van der Waals surface area contributed by atoms with Crippen LogP contribution in [0.3, 0.4) is 0 Å². The Balaban J connectivity index is 1.63. The molecule has 0 saturated carbocycles. The fraction of sp³-hybridized carbons (Fsp3) is 0.227. The summed E-state index contributed by atoms with van der Waals surface area (Å²) in [6.07, 6.45) is 0.332. The normalized spacial score (nSPS) is 10.4. The maximum absolute atomic E-state index is 12.5. The number of ether oxygens (including phenoxy) is 1. The average molecular weight is 410 g/mol. The molecule has 1 heterocycles. The molecular formula is C22H23N3O3S. The third-order valence-electron chi connectivity index (χ3n) is 4.22. The molecule has 0 aliphatic carbocycles. The van der Waals surface area contributed by atoms with E-state index in [1.165, 1.54) is 11.3 Å². The van der Waals surface area contributed by atoms with Crippen molar-refractivity contribution in [2.45, 2.75) is 13.3 Å². The van der Waals surface area contributed by atoms with E-state index < -0.39 is 0 Å². The van der Waals surface area contributed by atoms with Crippen molar-refractivity contribution in [2.24, 2.45) is 0 Å². The summed E-state index contributed by atoms with van der Waals surface area (Å²) in [6, 6.07) is 14.9. The number of rotatable bonds is 7. The average Bonchev–Trinajstić information content (AvgIpc) is 3.20. The van der Waals surface area contributed by atoms with Crippen LogP contribution in [0.4, 0.5) is 5.69 Å². The van der Waals surface area contributed by atoms with Crippen LogP contribution >= 0.6 is 11.3 Å². The Labute approximate surface area is 174 Å². The van der Waals surface area contributed by atoms with E-state index in [9.17, 15) is 9.59 Å². The molecule has 0 fully saturated rings. The van der Waals surface area contributed by atoms with Gasteiger partial charge in [-0.25, -0.2) is 4.98 Å². The van der Waals surface area contributed by atoms with E-state index in [-0.39, 0.29) is 11.8 Å². The number of nitrogens with one attached hydrogen (secondary N) is 1. The van der Waals surface area contributed by atoms with E-state index >= 15 is 0 Å². The molecular weight excluding hydrogens is 386 g/mol. The summed E-state index contributed by atoms with van der Waals surface area (Å²) < 4.78 is 5.45. The number of hydrogen-bond donors (Lipinski definition) is 1. The zero-order valence-electron chi connectivity index (χ0n) is 16.6. The molecule has 2 amide bonds. The van der Waals surface area contributed by atoms with E-state index in [1.54, 1.807) is 36.5 Å². The van der Waals surface area contributed by atoms with Crippen LogP contribution in [0, 0.1) is 0 Å². The lowest BCUT2D eigenvalue weighted by molar-refractivity contribution is -0.127. The predicted molar refractivity (Wildman–Crippen MR) is 116 cm³/mol. The van der Waals surface area contributed by atoms with Gasteiger partial charge >= 0.3 is 0 Å². The SMILES string of the molecule is CCOc1ccc(-c2nc(C(=O)Nc3ccc(CC(=O)N(C)C)cc3)cs2)cc1. The van der Waals surface area contributed by atoms with Crippen LogP contribution in [-0.2, 0) is 11.2 Å². The summed E-state index contributed by atoms with van der Waals surface area (Å²) in [5.74, 6) is 0.572. The monoisotopic (exact) mass is 409 g/mol. The molecule has 3 aromatic rings.